The lowest BCUT2D eigenvalue weighted by Gasteiger charge is -2.21. The smallest absolute Gasteiger partial charge is 0.306 e. The highest BCUT2D eigenvalue weighted by molar-refractivity contribution is 5.80. The van der Waals surface area contributed by atoms with Crippen molar-refractivity contribution in [3.63, 3.8) is 0 Å². The minimum atomic E-state index is -0.783. The molecule has 1 fully saturated rings. The maximum absolute atomic E-state index is 12.3. The molecule has 2 atom stereocenters. The molecule has 0 saturated heterocycles. The van der Waals surface area contributed by atoms with Crippen LogP contribution in [0.1, 0.15) is 31.2 Å². The fourth-order valence-electron chi connectivity index (χ4n) is 3.05. The number of hydrogen-bond donors (Lipinski definition) is 1. The van der Waals surface area contributed by atoms with Gasteiger partial charge in [0.1, 0.15) is 5.75 Å². The number of aryl methyl sites for hydroxylation is 1. The Balaban J connectivity index is 1.70. The van der Waals surface area contributed by atoms with Gasteiger partial charge in [0.05, 0.1) is 12.5 Å². The number of carbonyl (C=O) groups is 2. The average Bonchev–Trinajstić information content (AvgIpc) is 3.02. The number of para-hydroxylation sites is 1. The summed E-state index contributed by atoms with van der Waals surface area (Å²) < 4.78 is 5.73. The molecule has 5 nitrogen and oxygen atoms in total. The summed E-state index contributed by atoms with van der Waals surface area (Å²) in [5.41, 5.74) is 1.10. The quantitative estimate of drug-likeness (QED) is 0.785. The van der Waals surface area contributed by atoms with Gasteiger partial charge < -0.3 is 14.7 Å². The lowest BCUT2D eigenvalue weighted by molar-refractivity contribution is -0.141. The van der Waals surface area contributed by atoms with Crippen LogP contribution in [0.25, 0.3) is 0 Å². The van der Waals surface area contributed by atoms with Crippen LogP contribution in [0.2, 0.25) is 0 Å². The Morgan fingerprint density at radius 3 is 2.61 bits per heavy atom. The normalized spacial score (nSPS) is 20.3. The summed E-state index contributed by atoms with van der Waals surface area (Å²) in [5.74, 6) is -0.346. The van der Waals surface area contributed by atoms with Gasteiger partial charge in [0, 0.05) is 19.5 Å². The fraction of sp³-hybridized carbons (Fsp3) is 0.556. The third kappa shape index (κ3) is 4.71. The Bertz CT molecular complexity index is 558. The SMILES string of the molecule is Cc1ccccc1OCCCN(C)C(=O)[C@@H]1CC[C@H](C(=O)O)C1. The second-order valence-corrected chi connectivity index (χ2v) is 6.27. The summed E-state index contributed by atoms with van der Waals surface area (Å²) in [6.45, 7) is 3.19. The molecule has 0 radical (unpaired) electrons. The summed E-state index contributed by atoms with van der Waals surface area (Å²) in [6.07, 6.45) is 2.51. The molecule has 5 heteroatoms. The van der Waals surface area contributed by atoms with E-state index in [9.17, 15) is 9.59 Å². The molecule has 0 unspecified atom stereocenters. The minimum Gasteiger partial charge on any atom is -0.493 e. The van der Waals surface area contributed by atoms with E-state index in [0.29, 0.717) is 32.4 Å². The summed E-state index contributed by atoms with van der Waals surface area (Å²) in [7, 11) is 1.78. The van der Waals surface area contributed by atoms with Crippen LogP contribution < -0.4 is 4.74 Å². The number of carboxylic acids is 1. The van der Waals surface area contributed by atoms with Gasteiger partial charge in [-0.25, -0.2) is 0 Å². The van der Waals surface area contributed by atoms with Crippen molar-refractivity contribution in [3.05, 3.63) is 29.8 Å². The van der Waals surface area contributed by atoms with Crippen molar-refractivity contribution in [2.24, 2.45) is 11.8 Å². The van der Waals surface area contributed by atoms with Crippen LogP contribution in [0.3, 0.4) is 0 Å². The van der Waals surface area contributed by atoms with Gasteiger partial charge in [-0.15, -0.1) is 0 Å². The predicted octanol–water partition coefficient (Wildman–Crippen LogP) is 2.72. The highest BCUT2D eigenvalue weighted by atomic mass is 16.5. The standard InChI is InChI=1S/C18H25NO4/c1-13-6-3-4-7-16(13)23-11-5-10-19(2)17(20)14-8-9-15(12-14)18(21)22/h3-4,6-7,14-15H,5,8-12H2,1-2H3,(H,21,22)/t14-,15+/m1/s1. The topological polar surface area (TPSA) is 66.8 Å². The van der Waals surface area contributed by atoms with Gasteiger partial charge in [-0.05, 0) is 44.2 Å². The molecule has 0 heterocycles. The first kappa shape index (κ1) is 17.3. The lowest BCUT2D eigenvalue weighted by Crippen LogP contribution is -2.33. The molecule has 0 aliphatic heterocycles. The van der Waals surface area contributed by atoms with Crippen molar-refractivity contribution in [1.82, 2.24) is 4.90 Å². The largest absolute Gasteiger partial charge is 0.493 e. The monoisotopic (exact) mass is 319 g/mol. The van der Waals surface area contributed by atoms with Crippen LogP contribution in [0.5, 0.6) is 5.75 Å². The Hall–Kier alpha value is -2.04. The second kappa shape index (κ2) is 7.99. The molecular weight excluding hydrogens is 294 g/mol. The van der Waals surface area contributed by atoms with Crippen LogP contribution in [0.15, 0.2) is 24.3 Å². The third-order valence-electron chi connectivity index (χ3n) is 4.50. The van der Waals surface area contributed by atoms with Crippen LogP contribution in [0, 0.1) is 18.8 Å². The molecule has 1 aromatic carbocycles. The number of aliphatic carboxylic acids is 1. The van der Waals surface area contributed by atoms with E-state index in [-0.39, 0.29) is 17.7 Å². The molecule has 0 spiro atoms. The van der Waals surface area contributed by atoms with Crippen molar-refractivity contribution in [1.29, 1.82) is 0 Å². The summed E-state index contributed by atoms with van der Waals surface area (Å²) >= 11 is 0. The number of benzene rings is 1. The van der Waals surface area contributed by atoms with Crippen molar-refractivity contribution >= 4 is 11.9 Å². The van der Waals surface area contributed by atoms with Crippen LogP contribution in [0.4, 0.5) is 0 Å². The zero-order chi connectivity index (χ0) is 16.8. The zero-order valence-electron chi connectivity index (χ0n) is 13.8. The molecule has 1 aliphatic rings. The molecule has 126 valence electrons. The Labute approximate surface area is 137 Å². The van der Waals surface area contributed by atoms with Crippen LogP contribution in [-0.2, 0) is 9.59 Å². The van der Waals surface area contributed by atoms with Crippen LogP contribution in [-0.4, -0.2) is 42.1 Å². The summed E-state index contributed by atoms with van der Waals surface area (Å²) in [5, 5.41) is 9.01. The lowest BCUT2D eigenvalue weighted by atomic mass is 10.0. The Morgan fingerprint density at radius 2 is 1.96 bits per heavy atom. The molecule has 1 amide bonds. The third-order valence-corrected chi connectivity index (χ3v) is 4.50. The van der Waals surface area contributed by atoms with Crippen molar-refractivity contribution in [2.75, 3.05) is 20.2 Å². The molecule has 1 saturated carbocycles. The van der Waals surface area contributed by atoms with Gasteiger partial charge in [0.25, 0.3) is 0 Å². The number of nitrogens with zero attached hydrogens (tertiary/aromatic N) is 1. The number of rotatable bonds is 7. The zero-order valence-corrected chi connectivity index (χ0v) is 13.8. The van der Waals surface area contributed by atoms with Crippen molar-refractivity contribution in [3.8, 4) is 5.75 Å². The number of carbonyl (C=O) groups excluding carboxylic acids is 1. The van der Waals surface area contributed by atoms with Crippen LogP contribution >= 0.6 is 0 Å². The van der Waals surface area contributed by atoms with E-state index in [1.54, 1.807) is 11.9 Å². The number of carboxylic acid groups (broad SMARTS) is 1. The van der Waals surface area contributed by atoms with E-state index in [0.717, 1.165) is 17.7 Å². The Morgan fingerprint density at radius 1 is 1.26 bits per heavy atom. The summed E-state index contributed by atoms with van der Waals surface area (Å²) in [6, 6.07) is 7.86. The van der Waals surface area contributed by atoms with Gasteiger partial charge in [-0.2, -0.15) is 0 Å². The maximum Gasteiger partial charge on any atom is 0.306 e. The molecule has 2 rings (SSSR count). The van der Waals surface area contributed by atoms with Gasteiger partial charge in [-0.1, -0.05) is 18.2 Å². The molecule has 1 N–H and O–H groups in total. The first-order chi connectivity index (χ1) is 11.0. The minimum absolute atomic E-state index is 0.0599. The van der Waals surface area contributed by atoms with Gasteiger partial charge in [-0.3, -0.25) is 9.59 Å². The molecule has 0 aromatic heterocycles. The van der Waals surface area contributed by atoms with E-state index in [4.69, 9.17) is 9.84 Å². The van der Waals surface area contributed by atoms with E-state index in [1.165, 1.54) is 0 Å². The fourth-order valence-corrected chi connectivity index (χ4v) is 3.05. The number of amides is 1. The first-order valence-electron chi connectivity index (χ1n) is 8.15. The Kier molecular flexibility index (Phi) is 6.02. The summed E-state index contributed by atoms with van der Waals surface area (Å²) in [4.78, 5) is 25.0. The first-order valence-corrected chi connectivity index (χ1v) is 8.15. The molecule has 1 aliphatic carbocycles. The van der Waals surface area contributed by atoms with Crippen molar-refractivity contribution in [2.45, 2.75) is 32.6 Å². The molecular formula is C18H25NO4. The van der Waals surface area contributed by atoms with Gasteiger partial charge in [0.15, 0.2) is 0 Å². The van der Waals surface area contributed by atoms with E-state index >= 15 is 0 Å². The van der Waals surface area contributed by atoms with Crippen molar-refractivity contribution < 1.29 is 19.4 Å². The predicted molar refractivity (Wildman–Crippen MR) is 87.4 cm³/mol. The highest BCUT2D eigenvalue weighted by Gasteiger charge is 2.34. The van der Waals surface area contributed by atoms with E-state index in [1.807, 2.05) is 31.2 Å². The number of hydrogen-bond acceptors (Lipinski definition) is 3. The molecule has 1 aromatic rings. The average molecular weight is 319 g/mol. The van der Waals surface area contributed by atoms with E-state index < -0.39 is 5.97 Å². The maximum atomic E-state index is 12.3. The molecule has 0 bridgehead atoms. The van der Waals surface area contributed by atoms with Gasteiger partial charge >= 0.3 is 5.97 Å². The molecule has 23 heavy (non-hydrogen) atoms. The van der Waals surface area contributed by atoms with Gasteiger partial charge in [0.2, 0.25) is 5.91 Å². The van der Waals surface area contributed by atoms with E-state index in [2.05, 4.69) is 0 Å². The highest BCUT2D eigenvalue weighted by Crippen LogP contribution is 2.32. The second-order valence-electron chi connectivity index (χ2n) is 6.27. The number of ether oxygens (including phenoxy) is 1.